The van der Waals surface area contributed by atoms with E-state index in [4.69, 9.17) is 4.42 Å². The molecule has 1 heterocycles. The smallest absolute Gasteiger partial charge is 0.209 e. The Morgan fingerprint density at radius 2 is 2.31 bits per heavy atom. The molecule has 1 N–H and O–H groups in total. The minimum absolute atomic E-state index is 0.301. The molecule has 16 heavy (non-hydrogen) atoms. The molecule has 0 saturated heterocycles. The summed E-state index contributed by atoms with van der Waals surface area (Å²) in [7, 11) is 0. The number of hydrogen-bond acceptors (Lipinski definition) is 3. The van der Waals surface area contributed by atoms with Crippen molar-refractivity contribution in [3.05, 3.63) is 29.9 Å². The van der Waals surface area contributed by atoms with Crippen LogP contribution in [0.4, 0.5) is 4.39 Å². The van der Waals surface area contributed by atoms with Crippen LogP contribution in [0.1, 0.15) is 26.2 Å². The van der Waals surface area contributed by atoms with E-state index in [9.17, 15) is 4.39 Å². The molecule has 0 amide bonds. The summed E-state index contributed by atoms with van der Waals surface area (Å²) in [4.78, 5) is 4.26. The zero-order valence-electron chi connectivity index (χ0n) is 9.46. The van der Waals surface area contributed by atoms with Gasteiger partial charge in [-0.25, -0.2) is 9.37 Å². The lowest BCUT2D eigenvalue weighted by molar-refractivity contribution is 0.454. The molecule has 2 aromatic rings. The zero-order valence-corrected chi connectivity index (χ0v) is 9.46. The fraction of sp³-hybridized carbons (Fsp3) is 0.417. The predicted octanol–water partition coefficient (Wildman–Crippen LogP) is 2.86. The lowest BCUT2D eigenvalue weighted by atomic mass is 10.3. The summed E-state index contributed by atoms with van der Waals surface area (Å²) in [6.45, 7) is 4.78. The van der Waals surface area contributed by atoms with Gasteiger partial charge in [0.25, 0.3) is 0 Å². The highest BCUT2D eigenvalue weighted by Gasteiger charge is 2.07. The van der Waals surface area contributed by atoms with Crippen LogP contribution >= 0.6 is 0 Å². The van der Waals surface area contributed by atoms with Crippen LogP contribution in [-0.2, 0) is 6.54 Å². The number of nitrogens with one attached hydrogen (secondary N) is 1. The average Bonchev–Trinajstić information content (AvgIpc) is 2.67. The summed E-state index contributed by atoms with van der Waals surface area (Å²) < 4.78 is 18.3. The van der Waals surface area contributed by atoms with Crippen molar-refractivity contribution < 1.29 is 8.81 Å². The first-order chi connectivity index (χ1) is 7.69. The first kappa shape index (κ1) is 11.1. The highest BCUT2D eigenvalue weighted by Crippen LogP contribution is 2.16. The number of halogens is 1. The van der Waals surface area contributed by atoms with Crippen LogP contribution < -0.4 is 5.32 Å². The third-order valence-electron chi connectivity index (χ3n) is 2.61. The Morgan fingerprint density at radius 1 is 1.50 bits per heavy atom. The highest BCUT2D eigenvalue weighted by atomic mass is 19.1. The van der Waals surface area contributed by atoms with Gasteiger partial charge in [-0.2, -0.15) is 0 Å². The minimum Gasteiger partial charge on any atom is -0.439 e. The molecule has 1 aromatic heterocycles. The summed E-state index contributed by atoms with van der Waals surface area (Å²) in [5.74, 6) is 0.297. The fourth-order valence-electron chi connectivity index (χ4n) is 1.43. The van der Waals surface area contributed by atoms with Crippen LogP contribution in [0.2, 0.25) is 0 Å². The van der Waals surface area contributed by atoms with Crippen molar-refractivity contribution in [2.45, 2.75) is 32.9 Å². The van der Waals surface area contributed by atoms with Crippen molar-refractivity contribution in [1.82, 2.24) is 10.3 Å². The number of aromatic nitrogens is 1. The van der Waals surface area contributed by atoms with Gasteiger partial charge in [0, 0.05) is 12.1 Å². The standard InChI is InChI=1S/C12H15FN2O/c1-3-8(2)14-7-12-15-10-5-4-9(13)6-11(10)16-12/h4-6,8,14H,3,7H2,1-2H3. The minimum atomic E-state index is -0.301. The zero-order chi connectivity index (χ0) is 11.5. The van der Waals surface area contributed by atoms with Crippen LogP contribution in [0.15, 0.2) is 22.6 Å². The number of oxazole rings is 1. The van der Waals surface area contributed by atoms with Gasteiger partial charge in [-0.1, -0.05) is 6.92 Å². The Labute approximate surface area is 93.7 Å². The molecular weight excluding hydrogens is 207 g/mol. The van der Waals surface area contributed by atoms with Gasteiger partial charge in [0.1, 0.15) is 11.3 Å². The van der Waals surface area contributed by atoms with Crippen LogP contribution in [0, 0.1) is 5.82 Å². The second-order valence-electron chi connectivity index (χ2n) is 3.91. The van der Waals surface area contributed by atoms with E-state index in [1.807, 2.05) is 0 Å². The van der Waals surface area contributed by atoms with Crippen LogP contribution in [0.25, 0.3) is 11.1 Å². The normalized spacial score (nSPS) is 13.2. The molecular formula is C12H15FN2O. The molecule has 0 radical (unpaired) electrons. The number of nitrogens with zero attached hydrogens (tertiary/aromatic N) is 1. The van der Waals surface area contributed by atoms with Gasteiger partial charge < -0.3 is 9.73 Å². The number of rotatable bonds is 4. The van der Waals surface area contributed by atoms with E-state index in [-0.39, 0.29) is 5.82 Å². The van der Waals surface area contributed by atoms with Crippen LogP contribution in [0.3, 0.4) is 0 Å². The quantitative estimate of drug-likeness (QED) is 0.864. The maximum Gasteiger partial charge on any atom is 0.209 e. The molecule has 1 aromatic carbocycles. The first-order valence-electron chi connectivity index (χ1n) is 5.47. The number of benzene rings is 1. The van der Waals surface area contributed by atoms with E-state index >= 15 is 0 Å². The van der Waals surface area contributed by atoms with Gasteiger partial charge in [-0.15, -0.1) is 0 Å². The third-order valence-corrected chi connectivity index (χ3v) is 2.61. The van der Waals surface area contributed by atoms with E-state index in [2.05, 4.69) is 24.1 Å². The maximum atomic E-state index is 12.9. The summed E-state index contributed by atoms with van der Waals surface area (Å²) in [5, 5.41) is 3.27. The largest absolute Gasteiger partial charge is 0.439 e. The molecule has 86 valence electrons. The van der Waals surface area contributed by atoms with Crippen molar-refractivity contribution in [2.75, 3.05) is 0 Å². The first-order valence-corrected chi connectivity index (χ1v) is 5.47. The monoisotopic (exact) mass is 222 g/mol. The van der Waals surface area contributed by atoms with Gasteiger partial charge in [-0.05, 0) is 25.5 Å². The van der Waals surface area contributed by atoms with E-state index in [1.165, 1.54) is 12.1 Å². The summed E-state index contributed by atoms with van der Waals surface area (Å²) >= 11 is 0. The van der Waals surface area contributed by atoms with Crippen molar-refractivity contribution in [1.29, 1.82) is 0 Å². The lowest BCUT2D eigenvalue weighted by Gasteiger charge is -2.07. The highest BCUT2D eigenvalue weighted by molar-refractivity contribution is 5.72. The van der Waals surface area contributed by atoms with Crippen molar-refractivity contribution >= 4 is 11.1 Å². The van der Waals surface area contributed by atoms with Crippen molar-refractivity contribution in [2.24, 2.45) is 0 Å². The van der Waals surface area contributed by atoms with E-state index < -0.39 is 0 Å². The Kier molecular flexibility index (Phi) is 3.19. The molecule has 0 aliphatic heterocycles. The van der Waals surface area contributed by atoms with Gasteiger partial charge in [0.2, 0.25) is 5.89 Å². The fourth-order valence-corrected chi connectivity index (χ4v) is 1.43. The second kappa shape index (κ2) is 4.61. The Balaban J connectivity index is 2.13. The topological polar surface area (TPSA) is 38.1 Å². The number of hydrogen-bond donors (Lipinski definition) is 1. The van der Waals surface area contributed by atoms with E-state index in [1.54, 1.807) is 6.07 Å². The molecule has 2 rings (SSSR count). The SMILES string of the molecule is CCC(C)NCc1nc2ccc(F)cc2o1. The molecule has 1 atom stereocenters. The third kappa shape index (κ3) is 2.39. The molecule has 1 unspecified atom stereocenters. The van der Waals surface area contributed by atoms with Crippen LogP contribution in [0.5, 0.6) is 0 Å². The Bertz CT molecular complexity index is 481. The molecule has 0 bridgehead atoms. The molecule has 0 saturated carbocycles. The van der Waals surface area contributed by atoms with Gasteiger partial charge in [0.15, 0.2) is 5.58 Å². The Morgan fingerprint density at radius 3 is 3.06 bits per heavy atom. The molecule has 3 nitrogen and oxygen atoms in total. The van der Waals surface area contributed by atoms with E-state index in [0.717, 1.165) is 6.42 Å². The van der Waals surface area contributed by atoms with Gasteiger partial charge in [-0.3, -0.25) is 0 Å². The molecule has 0 aliphatic carbocycles. The molecule has 0 aliphatic rings. The lowest BCUT2D eigenvalue weighted by Crippen LogP contribution is -2.24. The Hall–Kier alpha value is -1.42. The number of fused-ring (bicyclic) bond motifs is 1. The predicted molar refractivity (Wildman–Crippen MR) is 60.6 cm³/mol. The summed E-state index contributed by atoms with van der Waals surface area (Å²) in [5.41, 5.74) is 1.20. The van der Waals surface area contributed by atoms with Gasteiger partial charge in [0.05, 0.1) is 6.54 Å². The molecule has 0 spiro atoms. The van der Waals surface area contributed by atoms with E-state index in [0.29, 0.717) is 29.6 Å². The van der Waals surface area contributed by atoms with Crippen LogP contribution in [-0.4, -0.2) is 11.0 Å². The maximum absolute atomic E-state index is 12.9. The molecule has 0 fully saturated rings. The van der Waals surface area contributed by atoms with Gasteiger partial charge >= 0.3 is 0 Å². The van der Waals surface area contributed by atoms with Crippen molar-refractivity contribution in [3.63, 3.8) is 0 Å². The molecule has 4 heteroatoms. The second-order valence-corrected chi connectivity index (χ2v) is 3.91. The summed E-state index contributed by atoms with van der Waals surface area (Å²) in [6, 6.07) is 4.79. The average molecular weight is 222 g/mol. The van der Waals surface area contributed by atoms with Crippen molar-refractivity contribution in [3.8, 4) is 0 Å². The summed E-state index contributed by atoms with van der Waals surface area (Å²) in [6.07, 6.45) is 1.05.